The Kier molecular flexibility index (Phi) is 6.50. The van der Waals surface area contributed by atoms with Crippen LogP contribution in [0.15, 0.2) is 30.8 Å². The van der Waals surface area contributed by atoms with Crippen LogP contribution in [0.25, 0.3) is 6.08 Å². The Morgan fingerprint density at radius 3 is 2.17 bits per heavy atom. The van der Waals surface area contributed by atoms with Gasteiger partial charge in [-0.05, 0) is 11.6 Å². The standard InChI is InChI=1S/C8H7Cl.C3H8/c1-2-7-5-3-4-6-8(7)9;1-3-2/h2-6H,1H2;3H2,1-2H3. The molecule has 0 saturated heterocycles. The van der Waals surface area contributed by atoms with E-state index in [9.17, 15) is 0 Å². The molecule has 0 nitrogen and oxygen atoms in total. The van der Waals surface area contributed by atoms with E-state index in [-0.39, 0.29) is 0 Å². The molecule has 0 aliphatic heterocycles. The summed E-state index contributed by atoms with van der Waals surface area (Å²) in [6, 6.07) is 7.60. The Hall–Kier alpha value is -0.750. The van der Waals surface area contributed by atoms with Gasteiger partial charge in [0.1, 0.15) is 0 Å². The molecular weight excluding hydrogens is 168 g/mol. The van der Waals surface area contributed by atoms with Crippen LogP contribution < -0.4 is 0 Å². The molecule has 0 bridgehead atoms. The summed E-state index contributed by atoms with van der Waals surface area (Å²) in [4.78, 5) is 0. The van der Waals surface area contributed by atoms with E-state index < -0.39 is 0 Å². The smallest absolute Gasteiger partial charge is 0.0478 e. The highest BCUT2D eigenvalue weighted by Crippen LogP contribution is 2.14. The Labute approximate surface area is 79.9 Å². The van der Waals surface area contributed by atoms with Crippen LogP contribution in [-0.2, 0) is 0 Å². The van der Waals surface area contributed by atoms with Crippen LogP contribution in [0.2, 0.25) is 5.02 Å². The zero-order valence-electron chi connectivity index (χ0n) is 7.68. The second kappa shape index (κ2) is 6.93. The summed E-state index contributed by atoms with van der Waals surface area (Å²) in [5, 5.41) is 0.757. The predicted octanol–water partition coefficient (Wildman–Crippen LogP) is 4.40. The van der Waals surface area contributed by atoms with E-state index in [2.05, 4.69) is 20.4 Å². The van der Waals surface area contributed by atoms with Gasteiger partial charge in [0, 0.05) is 5.02 Å². The first-order valence-electron chi connectivity index (χ1n) is 4.13. The molecule has 1 aromatic carbocycles. The summed E-state index contributed by atoms with van der Waals surface area (Å²) < 4.78 is 0. The molecule has 0 radical (unpaired) electrons. The molecule has 0 fully saturated rings. The van der Waals surface area contributed by atoms with Gasteiger partial charge in [0.2, 0.25) is 0 Å². The minimum absolute atomic E-state index is 0.757. The average molecular weight is 183 g/mol. The van der Waals surface area contributed by atoms with Gasteiger partial charge in [-0.1, -0.05) is 62.7 Å². The van der Waals surface area contributed by atoms with Crippen molar-refractivity contribution in [1.82, 2.24) is 0 Å². The van der Waals surface area contributed by atoms with Crippen LogP contribution in [0.3, 0.4) is 0 Å². The summed E-state index contributed by atoms with van der Waals surface area (Å²) in [5.74, 6) is 0. The average Bonchev–Trinajstić information content (AvgIpc) is 2.07. The normalized spacial score (nSPS) is 8.25. The highest BCUT2D eigenvalue weighted by atomic mass is 35.5. The van der Waals surface area contributed by atoms with Crippen LogP contribution in [-0.4, -0.2) is 0 Å². The molecule has 0 aromatic heterocycles. The van der Waals surface area contributed by atoms with Gasteiger partial charge in [0.05, 0.1) is 0 Å². The van der Waals surface area contributed by atoms with Gasteiger partial charge in [0.15, 0.2) is 0 Å². The molecule has 0 saturated carbocycles. The van der Waals surface area contributed by atoms with E-state index in [0.29, 0.717) is 0 Å². The SMILES string of the molecule is C=Cc1ccccc1Cl.CCC. The molecule has 0 heterocycles. The van der Waals surface area contributed by atoms with E-state index in [4.69, 9.17) is 11.6 Å². The molecule has 66 valence electrons. The van der Waals surface area contributed by atoms with Crippen molar-refractivity contribution < 1.29 is 0 Å². The van der Waals surface area contributed by atoms with Crippen LogP contribution in [0.1, 0.15) is 25.8 Å². The lowest BCUT2D eigenvalue weighted by molar-refractivity contribution is 1.09. The fraction of sp³-hybridized carbons (Fsp3) is 0.273. The molecule has 0 aliphatic carbocycles. The molecule has 0 N–H and O–H groups in total. The number of benzene rings is 1. The zero-order valence-corrected chi connectivity index (χ0v) is 8.43. The first-order valence-corrected chi connectivity index (χ1v) is 4.51. The molecule has 1 heteroatoms. The molecule has 0 spiro atoms. The van der Waals surface area contributed by atoms with Gasteiger partial charge in [-0.15, -0.1) is 0 Å². The van der Waals surface area contributed by atoms with Crippen molar-refractivity contribution >= 4 is 17.7 Å². The Balaban J connectivity index is 0.000000354. The van der Waals surface area contributed by atoms with E-state index in [0.717, 1.165) is 10.6 Å². The monoisotopic (exact) mass is 182 g/mol. The van der Waals surface area contributed by atoms with Gasteiger partial charge in [0.25, 0.3) is 0 Å². The van der Waals surface area contributed by atoms with Crippen molar-refractivity contribution in [2.45, 2.75) is 20.3 Å². The van der Waals surface area contributed by atoms with Crippen molar-refractivity contribution in [2.24, 2.45) is 0 Å². The highest BCUT2D eigenvalue weighted by Gasteiger charge is 1.89. The third kappa shape index (κ3) is 4.20. The fourth-order valence-corrected chi connectivity index (χ4v) is 0.854. The minimum atomic E-state index is 0.757. The van der Waals surface area contributed by atoms with Gasteiger partial charge in [-0.3, -0.25) is 0 Å². The first kappa shape index (κ1) is 11.2. The fourth-order valence-electron chi connectivity index (χ4n) is 0.641. The van der Waals surface area contributed by atoms with E-state index in [1.165, 1.54) is 6.42 Å². The maximum Gasteiger partial charge on any atom is 0.0478 e. The van der Waals surface area contributed by atoms with Crippen molar-refractivity contribution in [1.29, 1.82) is 0 Å². The zero-order chi connectivity index (χ0) is 9.40. The number of hydrogen-bond donors (Lipinski definition) is 0. The van der Waals surface area contributed by atoms with Gasteiger partial charge in [-0.2, -0.15) is 0 Å². The van der Waals surface area contributed by atoms with Gasteiger partial charge >= 0.3 is 0 Å². The molecule has 1 aromatic rings. The lowest BCUT2D eigenvalue weighted by atomic mass is 10.2. The topological polar surface area (TPSA) is 0 Å². The van der Waals surface area contributed by atoms with Crippen molar-refractivity contribution in [3.63, 3.8) is 0 Å². The Bertz CT molecular complexity index is 228. The second-order valence-electron chi connectivity index (χ2n) is 2.43. The third-order valence-corrected chi connectivity index (χ3v) is 1.47. The molecule has 12 heavy (non-hydrogen) atoms. The Morgan fingerprint density at radius 2 is 1.83 bits per heavy atom. The van der Waals surface area contributed by atoms with E-state index in [1.807, 2.05) is 24.3 Å². The van der Waals surface area contributed by atoms with Gasteiger partial charge in [-0.25, -0.2) is 0 Å². The largest absolute Gasteiger partial charge is 0.0984 e. The quantitative estimate of drug-likeness (QED) is 0.604. The summed E-state index contributed by atoms with van der Waals surface area (Å²) in [6.07, 6.45) is 2.99. The maximum atomic E-state index is 5.75. The van der Waals surface area contributed by atoms with Crippen molar-refractivity contribution in [2.75, 3.05) is 0 Å². The number of rotatable bonds is 1. The highest BCUT2D eigenvalue weighted by molar-refractivity contribution is 6.32. The van der Waals surface area contributed by atoms with E-state index >= 15 is 0 Å². The molecule has 0 atom stereocenters. The molecule has 0 amide bonds. The summed E-state index contributed by atoms with van der Waals surface area (Å²) in [6.45, 7) is 7.86. The second-order valence-corrected chi connectivity index (χ2v) is 2.84. The van der Waals surface area contributed by atoms with Crippen LogP contribution >= 0.6 is 11.6 Å². The number of hydrogen-bond acceptors (Lipinski definition) is 0. The first-order chi connectivity index (χ1) is 5.76. The number of halogens is 1. The molecule has 1 rings (SSSR count). The Morgan fingerprint density at radius 1 is 1.33 bits per heavy atom. The molecule has 0 unspecified atom stereocenters. The van der Waals surface area contributed by atoms with Crippen LogP contribution in [0.4, 0.5) is 0 Å². The minimum Gasteiger partial charge on any atom is -0.0984 e. The molecular formula is C11H15Cl. The maximum absolute atomic E-state index is 5.75. The van der Waals surface area contributed by atoms with Crippen molar-refractivity contribution in [3.05, 3.63) is 41.4 Å². The summed E-state index contributed by atoms with van der Waals surface area (Å²) in [5.41, 5.74) is 0.985. The third-order valence-electron chi connectivity index (χ3n) is 1.13. The van der Waals surface area contributed by atoms with Crippen LogP contribution in [0, 0.1) is 0 Å². The summed E-state index contributed by atoms with van der Waals surface area (Å²) >= 11 is 5.75. The van der Waals surface area contributed by atoms with Crippen molar-refractivity contribution in [3.8, 4) is 0 Å². The van der Waals surface area contributed by atoms with Gasteiger partial charge < -0.3 is 0 Å². The van der Waals surface area contributed by atoms with Crippen LogP contribution in [0.5, 0.6) is 0 Å². The lowest BCUT2D eigenvalue weighted by Gasteiger charge is -1.92. The lowest BCUT2D eigenvalue weighted by Crippen LogP contribution is -1.69. The predicted molar refractivity (Wildman–Crippen MR) is 57.5 cm³/mol. The summed E-state index contributed by atoms with van der Waals surface area (Å²) in [7, 11) is 0. The molecule has 0 aliphatic rings. The van der Waals surface area contributed by atoms with E-state index in [1.54, 1.807) is 6.08 Å².